The molecule has 3 rings (SSSR count). The molecule has 4 N–H and O–H groups in total. The van der Waals surface area contributed by atoms with E-state index in [4.69, 9.17) is 10.5 Å². The van der Waals surface area contributed by atoms with Crippen LogP contribution < -0.4 is 21.1 Å². The zero-order chi connectivity index (χ0) is 15.5. The molecule has 2 heterocycles. The minimum absolute atomic E-state index is 0.0172. The number of nitrogens with two attached hydrogens (primary N) is 1. The van der Waals surface area contributed by atoms with Gasteiger partial charge in [-0.25, -0.2) is 0 Å². The SMILES string of the molecule is Nc1ccncc1C(=O)NCc1ccc2c(c1)NC(=O)CO2. The molecular formula is C15H14N4O3. The van der Waals surface area contributed by atoms with Crippen molar-refractivity contribution in [3.63, 3.8) is 0 Å². The Balaban J connectivity index is 1.69. The molecule has 7 heteroatoms. The Bertz CT molecular complexity index is 745. The molecule has 0 unspecified atom stereocenters. The summed E-state index contributed by atoms with van der Waals surface area (Å²) in [6, 6.07) is 6.91. The molecule has 112 valence electrons. The minimum Gasteiger partial charge on any atom is -0.482 e. The number of amides is 2. The maximum absolute atomic E-state index is 12.1. The number of rotatable bonds is 3. The Hall–Kier alpha value is -3.09. The topological polar surface area (TPSA) is 106 Å². The predicted molar refractivity (Wildman–Crippen MR) is 80.4 cm³/mol. The lowest BCUT2D eigenvalue weighted by molar-refractivity contribution is -0.118. The van der Waals surface area contributed by atoms with Gasteiger partial charge >= 0.3 is 0 Å². The van der Waals surface area contributed by atoms with Crippen LogP contribution in [-0.4, -0.2) is 23.4 Å². The highest BCUT2D eigenvalue weighted by molar-refractivity contribution is 5.98. The smallest absolute Gasteiger partial charge is 0.262 e. The quantitative estimate of drug-likeness (QED) is 0.781. The number of anilines is 2. The third-order valence-corrected chi connectivity index (χ3v) is 3.23. The number of hydrogen-bond acceptors (Lipinski definition) is 5. The fourth-order valence-electron chi connectivity index (χ4n) is 2.11. The largest absolute Gasteiger partial charge is 0.482 e. The van der Waals surface area contributed by atoms with Gasteiger partial charge in [-0.2, -0.15) is 0 Å². The Morgan fingerprint density at radius 1 is 1.41 bits per heavy atom. The predicted octanol–water partition coefficient (Wildman–Crippen LogP) is 0.925. The van der Waals surface area contributed by atoms with Crippen LogP contribution in [0.1, 0.15) is 15.9 Å². The second-order valence-electron chi connectivity index (χ2n) is 4.81. The van der Waals surface area contributed by atoms with E-state index in [1.807, 2.05) is 6.07 Å². The van der Waals surface area contributed by atoms with Crippen molar-refractivity contribution in [1.82, 2.24) is 10.3 Å². The molecule has 2 aromatic rings. The van der Waals surface area contributed by atoms with Gasteiger partial charge in [0.1, 0.15) is 5.75 Å². The minimum atomic E-state index is -0.302. The first kappa shape index (κ1) is 13.9. The summed E-state index contributed by atoms with van der Waals surface area (Å²) in [5.74, 6) is 0.117. The van der Waals surface area contributed by atoms with Crippen LogP contribution in [0, 0.1) is 0 Å². The first-order valence-corrected chi connectivity index (χ1v) is 6.67. The van der Waals surface area contributed by atoms with Crippen molar-refractivity contribution in [3.8, 4) is 5.75 Å². The Kier molecular flexibility index (Phi) is 3.61. The summed E-state index contributed by atoms with van der Waals surface area (Å²) < 4.78 is 5.28. The molecule has 0 atom stereocenters. The zero-order valence-electron chi connectivity index (χ0n) is 11.6. The molecule has 2 amide bonds. The van der Waals surface area contributed by atoms with Gasteiger partial charge in [-0.1, -0.05) is 6.07 Å². The molecule has 0 radical (unpaired) electrons. The van der Waals surface area contributed by atoms with Gasteiger partial charge in [-0.05, 0) is 23.8 Å². The van der Waals surface area contributed by atoms with Crippen LogP contribution in [0.15, 0.2) is 36.7 Å². The third-order valence-electron chi connectivity index (χ3n) is 3.23. The molecule has 1 aromatic carbocycles. The highest BCUT2D eigenvalue weighted by Crippen LogP contribution is 2.28. The first-order chi connectivity index (χ1) is 10.6. The van der Waals surface area contributed by atoms with Crippen molar-refractivity contribution >= 4 is 23.2 Å². The van der Waals surface area contributed by atoms with Gasteiger partial charge < -0.3 is 21.1 Å². The summed E-state index contributed by atoms with van der Waals surface area (Å²) in [5, 5.41) is 5.48. The van der Waals surface area contributed by atoms with E-state index in [2.05, 4.69) is 15.6 Å². The molecule has 0 fully saturated rings. The van der Waals surface area contributed by atoms with Gasteiger partial charge in [-0.3, -0.25) is 14.6 Å². The number of nitrogens with zero attached hydrogens (tertiary/aromatic N) is 1. The van der Waals surface area contributed by atoms with Crippen LogP contribution in [0.5, 0.6) is 5.75 Å². The number of nitrogen functional groups attached to an aromatic ring is 1. The van der Waals surface area contributed by atoms with Crippen molar-refractivity contribution in [3.05, 3.63) is 47.8 Å². The van der Waals surface area contributed by atoms with Gasteiger partial charge in [0, 0.05) is 24.6 Å². The van der Waals surface area contributed by atoms with E-state index in [-0.39, 0.29) is 18.4 Å². The normalized spacial score (nSPS) is 12.8. The summed E-state index contributed by atoms with van der Waals surface area (Å²) >= 11 is 0. The summed E-state index contributed by atoms with van der Waals surface area (Å²) in [5.41, 5.74) is 7.87. The Labute approximate surface area is 126 Å². The van der Waals surface area contributed by atoms with Gasteiger partial charge in [0.2, 0.25) is 0 Å². The van der Waals surface area contributed by atoms with Gasteiger partial charge in [0.15, 0.2) is 6.61 Å². The molecule has 0 saturated carbocycles. The lowest BCUT2D eigenvalue weighted by Crippen LogP contribution is -2.26. The summed E-state index contributed by atoms with van der Waals surface area (Å²) in [6.45, 7) is 0.319. The zero-order valence-corrected chi connectivity index (χ0v) is 11.6. The average Bonchev–Trinajstić information content (AvgIpc) is 2.52. The molecule has 0 aliphatic carbocycles. The van der Waals surface area contributed by atoms with Crippen LogP contribution in [-0.2, 0) is 11.3 Å². The number of aromatic nitrogens is 1. The summed E-state index contributed by atoms with van der Waals surface area (Å²) in [7, 11) is 0. The van der Waals surface area contributed by atoms with E-state index >= 15 is 0 Å². The first-order valence-electron chi connectivity index (χ1n) is 6.67. The van der Waals surface area contributed by atoms with Crippen LogP contribution in [0.4, 0.5) is 11.4 Å². The molecule has 0 spiro atoms. The van der Waals surface area contributed by atoms with E-state index in [1.54, 1.807) is 18.2 Å². The maximum Gasteiger partial charge on any atom is 0.262 e. The molecule has 0 saturated heterocycles. The van der Waals surface area contributed by atoms with Gasteiger partial charge in [-0.15, -0.1) is 0 Å². The van der Waals surface area contributed by atoms with Crippen molar-refractivity contribution in [1.29, 1.82) is 0 Å². The van der Waals surface area contributed by atoms with E-state index in [1.165, 1.54) is 12.4 Å². The number of fused-ring (bicyclic) bond motifs is 1. The lowest BCUT2D eigenvalue weighted by atomic mass is 10.1. The average molecular weight is 298 g/mol. The number of nitrogens with one attached hydrogen (secondary N) is 2. The van der Waals surface area contributed by atoms with Gasteiger partial charge in [0.25, 0.3) is 11.8 Å². The number of pyridine rings is 1. The highest BCUT2D eigenvalue weighted by Gasteiger charge is 2.16. The number of carbonyl (C=O) groups is 2. The maximum atomic E-state index is 12.1. The summed E-state index contributed by atoms with van der Waals surface area (Å²) in [6.07, 6.45) is 2.95. The fraction of sp³-hybridized carbons (Fsp3) is 0.133. The molecule has 1 aromatic heterocycles. The monoisotopic (exact) mass is 298 g/mol. The van der Waals surface area contributed by atoms with Crippen LogP contribution >= 0.6 is 0 Å². The second-order valence-corrected chi connectivity index (χ2v) is 4.81. The number of carbonyl (C=O) groups excluding carboxylic acids is 2. The second kappa shape index (κ2) is 5.72. The molecule has 1 aliphatic rings. The molecular weight excluding hydrogens is 284 g/mol. The standard InChI is InChI=1S/C15H14N4O3/c16-11-3-4-17-7-10(11)15(21)18-6-9-1-2-13-12(5-9)19-14(20)8-22-13/h1-5,7H,6,8H2,(H2,16,17)(H,18,21)(H,19,20). The fourth-order valence-corrected chi connectivity index (χ4v) is 2.11. The lowest BCUT2D eigenvalue weighted by Gasteiger charge is -2.18. The third kappa shape index (κ3) is 2.83. The van der Waals surface area contributed by atoms with Gasteiger partial charge in [0.05, 0.1) is 11.3 Å². The van der Waals surface area contributed by atoms with E-state index in [9.17, 15) is 9.59 Å². The van der Waals surface area contributed by atoms with Crippen LogP contribution in [0.2, 0.25) is 0 Å². The van der Waals surface area contributed by atoms with Crippen molar-refractivity contribution < 1.29 is 14.3 Å². The molecule has 22 heavy (non-hydrogen) atoms. The van der Waals surface area contributed by atoms with Crippen molar-refractivity contribution in [2.75, 3.05) is 17.7 Å². The molecule has 7 nitrogen and oxygen atoms in total. The Morgan fingerprint density at radius 2 is 2.27 bits per heavy atom. The number of benzene rings is 1. The summed E-state index contributed by atoms with van der Waals surface area (Å²) in [4.78, 5) is 27.2. The molecule has 0 bridgehead atoms. The van der Waals surface area contributed by atoms with E-state index in [0.29, 0.717) is 29.2 Å². The van der Waals surface area contributed by atoms with Crippen LogP contribution in [0.25, 0.3) is 0 Å². The van der Waals surface area contributed by atoms with Crippen molar-refractivity contribution in [2.24, 2.45) is 0 Å². The Morgan fingerprint density at radius 3 is 3.09 bits per heavy atom. The van der Waals surface area contributed by atoms with E-state index in [0.717, 1.165) is 5.56 Å². The highest BCUT2D eigenvalue weighted by atomic mass is 16.5. The van der Waals surface area contributed by atoms with Crippen LogP contribution in [0.3, 0.4) is 0 Å². The molecule has 1 aliphatic heterocycles. The van der Waals surface area contributed by atoms with Crippen molar-refractivity contribution in [2.45, 2.75) is 6.54 Å². The van der Waals surface area contributed by atoms with E-state index < -0.39 is 0 Å². The number of hydrogen-bond donors (Lipinski definition) is 3. The number of ether oxygens (including phenoxy) is 1.